The van der Waals surface area contributed by atoms with Crippen LogP contribution < -0.4 is 4.43 Å². The van der Waals surface area contributed by atoms with E-state index in [0.29, 0.717) is 24.2 Å². The predicted molar refractivity (Wildman–Crippen MR) is 168 cm³/mol. The van der Waals surface area contributed by atoms with Crippen molar-refractivity contribution in [1.82, 2.24) is 0 Å². The molecule has 0 aromatic heterocycles. The van der Waals surface area contributed by atoms with E-state index in [4.69, 9.17) is 13.6 Å². The minimum atomic E-state index is -2.22. The maximum Gasteiger partial charge on any atom is 0.342 e. The molecule has 1 unspecified atom stereocenters. The van der Waals surface area contributed by atoms with Crippen LogP contribution in [0.2, 0.25) is 36.3 Å². The minimum absolute atomic E-state index is 0.0282. The fourth-order valence-electron chi connectivity index (χ4n) is 4.43. The summed E-state index contributed by atoms with van der Waals surface area (Å²) in [6, 6.07) is 5.86. The molecule has 0 saturated carbocycles. The maximum absolute atomic E-state index is 14.0. The van der Waals surface area contributed by atoms with E-state index in [-0.39, 0.29) is 22.1 Å². The summed E-state index contributed by atoms with van der Waals surface area (Å²) in [5.41, 5.74) is 1.46. The number of carboxylic acids is 1. The Kier molecular flexibility index (Phi) is 11.5. The molecule has 226 valence electrons. The van der Waals surface area contributed by atoms with Gasteiger partial charge in [0.05, 0.1) is 6.10 Å². The van der Waals surface area contributed by atoms with Crippen LogP contribution in [0.4, 0.5) is 0 Å². The first kappa shape index (κ1) is 34.3. The van der Waals surface area contributed by atoms with E-state index in [1.807, 2.05) is 18.2 Å². The Hall–Kier alpha value is -1.91. The number of carbonyl (C=O) groups excluding carboxylic acids is 1. The Morgan fingerprint density at radius 1 is 1.05 bits per heavy atom. The second-order valence-electron chi connectivity index (χ2n) is 14.5. The van der Waals surface area contributed by atoms with Gasteiger partial charge in [0.25, 0.3) is 8.32 Å². The highest BCUT2D eigenvalue weighted by atomic mass is 28.4. The number of cyclic esters (lactones) is 1. The Labute approximate surface area is 245 Å². The molecule has 1 aromatic rings. The van der Waals surface area contributed by atoms with Gasteiger partial charge in [0.15, 0.2) is 8.32 Å². The highest BCUT2D eigenvalue weighted by molar-refractivity contribution is 6.75. The number of rotatable bonds is 7. The molecule has 0 amide bonds. The van der Waals surface area contributed by atoms with Gasteiger partial charge in [-0.15, -0.1) is 0 Å². The van der Waals surface area contributed by atoms with E-state index in [1.54, 1.807) is 6.08 Å². The lowest BCUT2D eigenvalue weighted by Gasteiger charge is -2.42. The van der Waals surface area contributed by atoms with Gasteiger partial charge in [0.1, 0.15) is 17.4 Å². The van der Waals surface area contributed by atoms with Gasteiger partial charge in [-0.2, -0.15) is 0 Å². The monoisotopic (exact) mass is 590 g/mol. The molecule has 3 atom stereocenters. The van der Waals surface area contributed by atoms with Crippen molar-refractivity contribution < 1.29 is 28.3 Å². The second kappa shape index (κ2) is 13.4. The third kappa shape index (κ3) is 9.31. The third-order valence-electron chi connectivity index (χ3n) is 9.16. The van der Waals surface area contributed by atoms with Crippen molar-refractivity contribution in [3.05, 3.63) is 41.5 Å². The number of esters is 1. The fraction of sp³-hybridized carbons (Fsp3) is 0.688. The van der Waals surface area contributed by atoms with Crippen LogP contribution in [-0.2, 0) is 20.4 Å². The van der Waals surface area contributed by atoms with Crippen molar-refractivity contribution in [2.45, 2.75) is 135 Å². The topological polar surface area (TPSA) is 82.1 Å². The van der Waals surface area contributed by atoms with Crippen molar-refractivity contribution in [2.75, 3.05) is 0 Å². The van der Waals surface area contributed by atoms with Gasteiger partial charge in [0, 0.05) is 18.9 Å². The van der Waals surface area contributed by atoms with Crippen LogP contribution in [0.1, 0.15) is 96.5 Å². The van der Waals surface area contributed by atoms with Crippen molar-refractivity contribution in [3.63, 3.8) is 0 Å². The second-order valence-corrected chi connectivity index (χ2v) is 24.0. The molecule has 8 heteroatoms. The Morgan fingerprint density at radius 2 is 1.68 bits per heavy atom. The van der Waals surface area contributed by atoms with E-state index in [0.717, 1.165) is 37.3 Å². The molecule has 1 heterocycles. The van der Waals surface area contributed by atoms with Crippen molar-refractivity contribution in [3.8, 4) is 5.75 Å². The van der Waals surface area contributed by atoms with Gasteiger partial charge in [-0.25, -0.2) is 9.59 Å². The number of ether oxygens (including phenoxy) is 1. The van der Waals surface area contributed by atoms with Gasteiger partial charge in [-0.3, -0.25) is 0 Å². The zero-order valence-corrected chi connectivity index (χ0v) is 28.8. The average Bonchev–Trinajstić information content (AvgIpc) is 2.78. The molecule has 0 bridgehead atoms. The summed E-state index contributed by atoms with van der Waals surface area (Å²) in [5.74, 6) is -0.547. The van der Waals surface area contributed by atoms with Gasteiger partial charge in [0.2, 0.25) is 0 Å². The first-order valence-electron chi connectivity index (χ1n) is 14.8. The third-order valence-corrected chi connectivity index (χ3v) is 18.0. The van der Waals surface area contributed by atoms with Gasteiger partial charge in [-0.05, 0) is 73.1 Å². The molecule has 1 aromatic carbocycles. The number of benzene rings is 1. The normalized spacial score (nSPS) is 22.2. The quantitative estimate of drug-likeness (QED) is 0.194. The molecular formula is C32H54O6Si2. The Bertz CT molecular complexity index is 1050. The van der Waals surface area contributed by atoms with E-state index in [2.05, 4.69) is 74.7 Å². The van der Waals surface area contributed by atoms with Gasteiger partial charge in [-0.1, -0.05) is 73.1 Å². The average molecular weight is 591 g/mol. The number of hydrogen-bond acceptors (Lipinski definition) is 5. The molecule has 1 aliphatic heterocycles. The summed E-state index contributed by atoms with van der Waals surface area (Å²) in [6.45, 7) is 24.3. The van der Waals surface area contributed by atoms with E-state index >= 15 is 0 Å². The molecule has 0 fully saturated rings. The van der Waals surface area contributed by atoms with Crippen LogP contribution >= 0.6 is 0 Å². The minimum Gasteiger partial charge on any atom is -0.543 e. The van der Waals surface area contributed by atoms with Crippen LogP contribution in [0.5, 0.6) is 5.75 Å². The lowest BCUT2D eigenvalue weighted by Crippen LogP contribution is -2.46. The van der Waals surface area contributed by atoms with Crippen molar-refractivity contribution in [1.29, 1.82) is 0 Å². The summed E-state index contributed by atoms with van der Waals surface area (Å²) in [6.07, 6.45) is 6.70. The molecule has 2 rings (SSSR count). The molecule has 1 aliphatic rings. The smallest absolute Gasteiger partial charge is 0.342 e. The lowest BCUT2D eigenvalue weighted by molar-refractivity contribution is -0.131. The van der Waals surface area contributed by atoms with Crippen LogP contribution in [0, 0.1) is 5.92 Å². The molecular weight excluding hydrogens is 537 g/mol. The highest BCUT2D eigenvalue weighted by Crippen LogP contribution is 2.41. The zero-order valence-electron chi connectivity index (χ0n) is 26.8. The number of fused-ring (bicyclic) bond motifs is 1. The van der Waals surface area contributed by atoms with Crippen molar-refractivity contribution in [2.24, 2.45) is 5.92 Å². The van der Waals surface area contributed by atoms with Crippen LogP contribution in [0.15, 0.2) is 30.4 Å². The number of hydrogen-bond donors (Lipinski definition) is 1. The van der Waals surface area contributed by atoms with E-state index in [9.17, 15) is 14.7 Å². The zero-order chi connectivity index (χ0) is 30.5. The number of carboxylic acid groups (broad SMARTS) is 1. The fourth-order valence-corrected chi connectivity index (χ4v) is 6.90. The van der Waals surface area contributed by atoms with Crippen LogP contribution in [0.25, 0.3) is 0 Å². The number of aliphatic carboxylic acids is 1. The maximum atomic E-state index is 14.0. The standard InChI is InChI=1S/C32H54O6Si2/c1-23-16-12-13-17-24-18-14-20-26(37-39(8,9)31(2,3)4)29(24)30(35)36-25(19-15-21-28(33)34)22-27(23)38-40(10,11)32(5,6)7/h14-15,18,20-21,23,25,27H,12-13,16-17,19,22H2,1-11H3,(H,33,34)/b21-15+/t23-,25?,27+/m0/s1. The summed E-state index contributed by atoms with van der Waals surface area (Å²) >= 11 is 0. The molecule has 0 saturated heterocycles. The number of carbonyl (C=O) groups is 2. The van der Waals surface area contributed by atoms with E-state index < -0.39 is 34.7 Å². The molecule has 6 nitrogen and oxygen atoms in total. The largest absolute Gasteiger partial charge is 0.543 e. The summed E-state index contributed by atoms with van der Waals surface area (Å²) in [7, 11) is -4.32. The summed E-state index contributed by atoms with van der Waals surface area (Å²) in [4.78, 5) is 25.2. The lowest BCUT2D eigenvalue weighted by atomic mass is 9.91. The first-order chi connectivity index (χ1) is 18.2. The summed E-state index contributed by atoms with van der Waals surface area (Å²) in [5, 5.41) is 9.21. The van der Waals surface area contributed by atoms with Gasteiger partial charge >= 0.3 is 11.9 Å². The Morgan fingerprint density at radius 3 is 2.25 bits per heavy atom. The van der Waals surface area contributed by atoms with Crippen molar-refractivity contribution >= 4 is 28.6 Å². The number of aryl methyl sites for hydroxylation is 1. The molecule has 0 spiro atoms. The SMILES string of the molecule is C[C@H]1CCCCc2cccc(O[Si](C)(C)C(C)(C)C)c2C(=O)OC(C/C=C/C(=O)O)C[C@H]1O[Si](C)(C)C(C)(C)C. The van der Waals surface area contributed by atoms with Crippen LogP contribution in [0.3, 0.4) is 0 Å². The molecule has 40 heavy (non-hydrogen) atoms. The predicted octanol–water partition coefficient (Wildman–Crippen LogP) is 8.77. The van der Waals surface area contributed by atoms with Crippen LogP contribution in [-0.4, -0.2) is 45.9 Å². The first-order valence-corrected chi connectivity index (χ1v) is 20.7. The molecule has 0 radical (unpaired) electrons. The van der Waals surface area contributed by atoms with Gasteiger partial charge < -0.3 is 18.7 Å². The molecule has 1 N–H and O–H groups in total. The molecule has 0 aliphatic carbocycles. The Balaban J connectivity index is 2.53. The summed E-state index contributed by atoms with van der Waals surface area (Å²) < 4.78 is 19.9. The highest BCUT2D eigenvalue weighted by Gasteiger charge is 2.42. The van der Waals surface area contributed by atoms with E-state index in [1.165, 1.54) is 0 Å².